The number of carbonyl (C=O) groups excluding carboxylic acids is 1. The van der Waals surface area contributed by atoms with E-state index in [1.54, 1.807) is 14.2 Å². The second-order valence-electron chi connectivity index (χ2n) is 6.29. The summed E-state index contributed by atoms with van der Waals surface area (Å²) >= 11 is 0. The standard InChI is InChI=1S/C17H23NO4/c1-20-13-7-5-11(9-14(13)21-2)15-10-4-6-12(8-10)17(15,18)16(19)22-3/h5,7,9-10,12,15H,4,6,8,18H2,1-3H3/t10-,12+,15+,17+/m0/s1. The number of esters is 1. The van der Waals surface area contributed by atoms with Crippen LogP contribution in [-0.4, -0.2) is 32.8 Å². The molecule has 2 fully saturated rings. The first kappa shape index (κ1) is 15.2. The lowest BCUT2D eigenvalue weighted by Gasteiger charge is -2.38. The third-order valence-electron chi connectivity index (χ3n) is 5.44. The van der Waals surface area contributed by atoms with E-state index in [-0.39, 0.29) is 17.8 Å². The van der Waals surface area contributed by atoms with Crippen LogP contribution in [0.1, 0.15) is 30.7 Å². The van der Waals surface area contributed by atoms with Crippen LogP contribution >= 0.6 is 0 Å². The summed E-state index contributed by atoms with van der Waals surface area (Å²) in [5.74, 6) is 1.62. The number of fused-ring (bicyclic) bond motifs is 2. The van der Waals surface area contributed by atoms with Crippen LogP contribution in [-0.2, 0) is 9.53 Å². The molecule has 0 aromatic heterocycles. The van der Waals surface area contributed by atoms with E-state index in [0.29, 0.717) is 17.4 Å². The molecule has 0 radical (unpaired) electrons. The van der Waals surface area contributed by atoms with Gasteiger partial charge in [0.1, 0.15) is 5.54 Å². The van der Waals surface area contributed by atoms with Gasteiger partial charge < -0.3 is 19.9 Å². The molecular formula is C17H23NO4. The van der Waals surface area contributed by atoms with Gasteiger partial charge in [-0.15, -0.1) is 0 Å². The molecule has 2 bridgehead atoms. The first-order valence-corrected chi connectivity index (χ1v) is 7.65. The maximum Gasteiger partial charge on any atom is 0.326 e. The lowest BCUT2D eigenvalue weighted by Crippen LogP contribution is -2.57. The smallest absolute Gasteiger partial charge is 0.326 e. The van der Waals surface area contributed by atoms with Gasteiger partial charge in [0.05, 0.1) is 21.3 Å². The molecule has 4 atom stereocenters. The number of ether oxygens (including phenoxy) is 3. The van der Waals surface area contributed by atoms with Gasteiger partial charge in [0.2, 0.25) is 0 Å². The molecule has 1 aromatic rings. The van der Waals surface area contributed by atoms with Crippen molar-refractivity contribution in [3.05, 3.63) is 23.8 Å². The predicted molar refractivity (Wildman–Crippen MR) is 82.1 cm³/mol. The minimum Gasteiger partial charge on any atom is -0.493 e. The van der Waals surface area contributed by atoms with Crippen molar-refractivity contribution in [2.24, 2.45) is 17.6 Å². The molecule has 22 heavy (non-hydrogen) atoms. The average Bonchev–Trinajstić information content (AvgIpc) is 3.13. The Morgan fingerprint density at radius 3 is 2.55 bits per heavy atom. The van der Waals surface area contributed by atoms with Crippen LogP contribution < -0.4 is 15.2 Å². The highest BCUT2D eigenvalue weighted by molar-refractivity contribution is 5.83. The van der Waals surface area contributed by atoms with Crippen molar-refractivity contribution in [3.63, 3.8) is 0 Å². The molecule has 0 amide bonds. The fraction of sp³-hybridized carbons (Fsp3) is 0.588. The largest absolute Gasteiger partial charge is 0.493 e. The lowest BCUT2D eigenvalue weighted by molar-refractivity contribution is -0.150. The van der Waals surface area contributed by atoms with E-state index in [0.717, 1.165) is 24.8 Å². The zero-order valence-electron chi connectivity index (χ0n) is 13.3. The van der Waals surface area contributed by atoms with Gasteiger partial charge in [-0.1, -0.05) is 6.07 Å². The molecule has 0 unspecified atom stereocenters. The van der Waals surface area contributed by atoms with Crippen LogP contribution in [0.4, 0.5) is 0 Å². The number of methoxy groups -OCH3 is 3. The summed E-state index contributed by atoms with van der Waals surface area (Å²) < 4.78 is 15.7. The van der Waals surface area contributed by atoms with Gasteiger partial charge in [0, 0.05) is 5.92 Å². The summed E-state index contributed by atoms with van der Waals surface area (Å²) in [4.78, 5) is 12.4. The Balaban J connectivity index is 2.04. The maximum atomic E-state index is 12.4. The van der Waals surface area contributed by atoms with Gasteiger partial charge in [-0.05, 0) is 48.8 Å². The van der Waals surface area contributed by atoms with Crippen LogP contribution in [0.25, 0.3) is 0 Å². The highest BCUT2D eigenvalue weighted by atomic mass is 16.5. The van der Waals surface area contributed by atoms with Crippen molar-refractivity contribution in [2.45, 2.75) is 30.7 Å². The van der Waals surface area contributed by atoms with Crippen molar-refractivity contribution in [2.75, 3.05) is 21.3 Å². The summed E-state index contributed by atoms with van der Waals surface area (Å²) in [6, 6.07) is 5.80. The van der Waals surface area contributed by atoms with Crippen molar-refractivity contribution in [1.82, 2.24) is 0 Å². The topological polar surface area (TPSA) is 70.8 Å². The van der Waals surface area contributed by atoms with Crippen LogP contribution in [0, 0.1) is 11.8 Å². The van der Waals surface area contributed by atoms with E-state index in [4.69, 9.17) is 19.9 Å². The van der Waals surface area contributed by atoms with Crippen molar-refractivity contribution in [3.8, 4) is 11.5 Å². The van der Waals surface area contributed by atoms with Gasteiger partial charge in [-0.2, -0.15) is 0 Å². The molecule has 0 saturated heterocycles. The van der Waals surface area contributed by atoms with E-state index in [2.05, 4.69) is 0 Å². The van der Waals surface area contributed by atoms with Crippen LogP contribution in [0.2, 0.25) is 0 Å². The number of nitrogens with two attached hydrogens (primary N) is 1. The quantitative estimate of drug-likeness (QED) is 0.863. The van der Waals surface area contributed by atoms with E-state index in [1.807, 2.05) is 18.2 Å². The molecular weight excluding hydrogens is 282 g/mol. The summed E-state index contributed by atoms with van der Waals surface area (Å²) in [6.07, 6.45) is 3.10. The Hall–Kier alpha value is -1.75. The SMILES string of the molecule is COC(=O)[C@@]1(N)[C@@H]2CC[C@@H](C2)[C@@H]1c1ccc(OC)c(OC)c1. The van der Waals surface area contributed by atoms with Crippen LogP contribution in [0.15, 0.2) is 18.2 Å². The number of benzene rings is 1. The molecule has 0 spiro atoms. The normalized spacial score (nSPS) is 32.8. The van der Waals surface area contributed by atoms with E-state index in [9.17, 15) is 4.79 Å². The molecule has 0 heterocycles. The highest BCUT2D eigenvalue weighted by Gasteiger charge is 2.61. The molecule has 3 rings (SSSR count). The monoisotopic (exact) mass is 305 g/mol. The lowest BCUT2D eigenvalue weighted by atomic mass is 9.70. The molecule has 2 saturated carbocycles. The highest BCUT2D eigenvalue weighted by Crippen LogP contribution is 2.58. The molecule has 2 N–H and O–H groups in total. The Labute approximate surface area is 130 Å². The van der Waals surface area contributed by atoms with Gasteiger partial charge >= 0.3 is 5.97 Å². The van der Waals surface area contributed by atoms with E-state index < -0.39 is 5.54 Å². The molecule has 5 nitrogen and oxygen atoms in total. The van der Waals surface area contributed by atoms with Crippen LogP contribution in [0.5, 0.6) is 11.5 Å². The number of hydrogen-bond donors (Lipinski definition) is 1. The zero-order valence-corrected chi connectivity index (χ0v) is 13.3. The summed E-state index contributed by atoms with van der Waals surface area (Å²) in [5.41, 5.74) is 6.68. The van der Waals surface area contributed by atoms with E-state index in [1.165, 1.54) is 7.11 Å². The Morgan fingerprint density at radius 1 is 1.18 bits per heavy atom. The third kappa shape index (κ3) is 1.99. The van der Waals surface area contributed by atoms with Gasteiger partial charge in [0.25, 0.3) is 0 Å². The first-order chi connectivity index (χ1) is 10.6. The Morgan fingerprint density at radius 2 is 1.91 bits per heavy atom. The molecule has 0 aliphatic heterocycles. The fourth-order valence-electron chi connectivity index (χ4n) is 4.46. The first-order valence-electron chi connectivity index (χ1n) is 7.65. The van der Waals surface area contributed by atoms with Crippen molar-refractivity contribution < 1.29 is 19.0 Å². The summed E-state index contributed by atoms with van der Waals surface area (Å²) in [6.45, 7) is 0. The third-order valence-corrected chi connectivity index (χ3v) is 5.44. The predicted octanol–water partition coefficient (Wildman–Crippen LogP) is 2.09. The molecule has 5 heteroatoms. The maximum absolute atomic E-state index is 12.4. The minimum absolute atomic E-state index is 0.0292. The van der Waals surface area contributed by atoms with Crippen molar-refractivity contribution in [1.29, 1.82) is 0 Å². The van der Waals surface area contributed by atoms with Crippen LogP contribution in [0.3, 0.4) is 0 Å². The molecule has 2 aliphatic carbocycles. The average molecular weight is 305 g/mol. The second-order valence-corrected chi connectivity index (χ2v) is 6.29. The van der Waals surface area contributed by atoms with Gasteiger partial charge in [-0.25, -0.2) is 0 Å². The Kier molecular flexibility index (Phi) is 3.77. The number of carbonyl (C=O) groups is 1. The minimum atomic E-state index is -0.933. The number of rotatable bonds is 4. The summed E-state index contributed by atoms with van der Waals surface area (Å²) in [7, 11) is 4.63. The molecule has 2 aliphatic rings. The molecule has 120 valence electrons. The fourth-order valence-corrected chi connectivity index (χ4v) is 4.46. The van der Waals surface area contributed by atoms with Gasteiger partial charge in [0.15, 0.2) is 11.5 Å². The molecule has 1 aromatic carbocycles. The zero-order chi connectivity index (χ0) is 15.9. The summed E-state index contributed by atoms with van der Waals surface area (Å²) in [5, 5.41) is 0. The van der Waals surface area contributed by atoms with E-state index >= 15 is 0 Å². The van der Waals surface area contributed by atoms with Gasteiger partial charge in [-0.3, -0.25) is 4.79 Å². The number of hydrogen-bond acceptors (Lipinski definition) is 5. The van der Waals surface area contributed by atoms with Crippen molar-refractivity contribution >= 4 is 5.97 Å². The Bertz CT molecular complexity index is 588. The second kappa shape index (κ2) is 5.47.